The Bertz CT molecular complexity index is 22.0. The zero-order valence-electron chi connectivity index (χ0n) is 5.58. The molecule has 0 fully saturated rings. The van der Waals surface area contributed by atoms with Crippen molar-refractivity contribution in [2.75, 3.05) is 7.05 Å². The molecular weight excluding hydrogens is 163 g/mol. The van der Waals surface area contributed by atoms with Gasteiger partial charge in [0.15, 0.2) is 0 Å². The molecule has 0 saturated carbocycles. The van der Waals surface area contributed by atoms with Gasteiger partial charge in [0.05, 0.1) is 0 Å². The molecule has 0 unspecified atom stereocenters. The van der Waals surface area contributed by atoms with Gasteiger partial charge in [-0.15, -0.1) is 0 Å². The molecule has 0 aromatic carbocycles. The van der Waals surface area contributed by atoms with Gasteiger partial charge >= 0.3 is 0 Å². The van der Waals surface area contributed by atoms with Crippen molar-refractivity contribution in [3.8, 4) is 0 Å². The zero-order valence-corrected chi connectivity index (χ0v) is 8.42. The minimum Gasteiger partial charge on any atom is -0.470 e. The summed E-state index contributed by atoms with van der Waals surface area (Å²) in [6.45, 7) is 4.06. The normalized spacial score (nSPS) is 6.86. The Hall–Kier alpha value is 1.06. The molecule has 43 valence electrons. The second-order valence-corrected chi connectivity index (χ2v) is 1.25. The molecule has 0 aliphatic heterocycles. The van der Waals surface area contributed by atoms with E-state index in [0.29, 0.717) is 0 Å². The van der Waals surface area contributed by atoms with Gasteiger partial charge in [-0.05, 0) is 7.05 Å². The molecule has 0 heterocycles. The SMILES string of the molecule is CN[C-](C)C.[CH3-].[Y]. The van der Waals surface area contributed by atoms with Crippen LogP contribution in [-0.4, -0.2) is 7.05 Å². The van der Waals surface area contributed by atoms with E-state index in [2.05, 4.69) is 5.32 Å². The zero-order chi connectivity index (χ0) is 4.28. The average molecular weight is 176 g/mol. The van der Waals surface area contributed by atoms with Crippen LogP contribution in [0.5, 0.6) is 0 Å². The van der Waals surface area contributed by atoms with Crippen molar-refractivity contribution in [3.63, 3.8) is 0 Å². The van der Waals surface area contributed by atoms with E-state index in [9.17, 15) is 0 Å². The van der Waals surface area contributed by atoms with Crippen molar-refractivity contribution in [2.45, 2.75) is 13.8 Å². The van der Waals surface area contributed by atoms with Crippen molar-refractivity contribution in [1.29, 1.82) is 0 Å². The van der Waals surface area contributed by atoms with Crippen LogP contribution in [0.4, 0.5) is 0 Å². The summed E-state index contributed by atoms with van der Waals surface area (Å²) in [7, 11) is 1.91. The van der Waals surface area contributed by atoms with E-state index >= 15 is 0 Å². The van der Waals surface area contributed by atoms with Gasteiger partial charge in [0, 0.05) is 32.7 Å². The Labute approximate surface area is 72.1 Å². The van der Waals surface area contributed by atoms with Crippen LogP contribution in [0, 0.1) is 13.5 Å². The van der Waals surface area contributed by atoms with Crippen LogP contribution in [0.2, 0.25) is 0 Å². The first-order valence-corrected chi connectivity index (χ1v) is 1.75. The van der Waals surface area contributed by atoms with Crippen molar-refractivity contribution in [2.24, 2.45) is 0 Å². The third kappa shape index (κ3) is 19.3. The first kappa shape index (κ1) is 15.7. The van der Waals surface area contributed by atoms with Gasteiger partial charge in [0.2, 0.25) is 0 Å². The first-order chi connectivity index (χ1) is 2.27. The Balaban J connectivity index is -0.0000000800. The largest absolute Gasteiger partial charge is 0.470 e. The monoisotopic (exact) mass is 176 g/mol. The van der Waals surface area contributed by atoms with Crippen LogP contribution >= 0.6 is 0 Å². The minimum atomic E-state index is 0. The standard InChI is InChI=1S/C4H10N.CH3.Y/c1-4(2)5-3;;/h5H,1-3H3;1H3;/q2*-1;. The van der Waals surface area contributed by atoms with Crippen molar-refractivity contribution >= 4 is 0 Å². The van der Waals surface area contributed by atoms with Crippen LogP contribution < -0.4 is 5.32 Å². The molecule has 0 aliphatic carbocycles. The maximum absolute atomic E-state index is 2.94. The van der Waals surface area contributed by atoms with Gasteiger partial charge in [-0.3, -0.25) is 6.04 Å². The maximum Gasteiger partial charge on any atom is 0 e. The van der Waals surface area contributed by atoms with Gasteiger partial charge in [-0.2, -0.15) is 13.8 Å². The summed E-state index contributed by atoms with van der Waals surface area (Å²) in [4.78, 5) is 0. The molecule has 0 amide bonds. The van der Waals surface area contributed by atoms with Gasteiger partial charge in [-0.1, -0.05) is 0 Å². The Morgan fingerprint density at radius 2 is 1.43 bits per heavy atom. The number of hydrogen-bond donors (Lipinski definition) is 1. The second kappa shape index (κ2) is 10.1. The predicted octanol–water partition coefficient (Wildman–Crippen LogP) is 1.23. The minimum absolute atomic E-state index is 0. The fraction of sp³-hybridized carbons (Fsp3) is 0.600. The van der Waals surface area contributed by atoms with Gasteiger partial charge in [-0.25, -0.2) is 0 Å². The van der Waals surface area contributed by atoms with E-state index in [1.54, 1.807) is 0 Å². The predicted molar refractivity (Wildman–Crippen MR) is 30.1 cm³/mol. The van der Waals surface area contributed by atoms with Crippen LogP contribution in [0.1, 0.15) is 13.8 Å². The first-order valence-electron chi connectivity index (χ1n) is 1.75. The number of hydrogen-bond acceptors (Lipinski definition) is 1. The second-order valence-electron chi connectivity index (χ2n) is 1.25. The molecule has 1 radical (unpaired) electrons. The molecule has 0 spiro atoms. The molecule has 0 aromatic rings. The molecule has 0 atom stereocenters. The molecule has 1 nitrogen and oxygen atoms in total. The topological polar surface area (TPSA) is 12.0 Å². The summed E-state index contributed by atoms with van der Waals surface area (Å²) in [6, 6.07) is 1.25. The van der Waals surface area contributed by atoms with E-state index in [1.165, 1.54) is 6.04 Å². The van der Waals surface area contributed by atoms with E-state index in [4.69, 9.17) is 0 Å². The van der Waals surface area contributed by atoms with E-state index < -0.39 is 0 Å². The van der Waals surface area contributed by atoms with Crippen molar-refractivity contribution in [1.82, 2.24) is 5.32 Å². The maximum atomic E-state index is 2.94. The number of rotatable bonds is 1. The Morgan fingerprint density at radius 1 is 1.29 bits per heavy atom. The summed E-state index contributed by atoms with van der Waals surface area (Å²) >= 11 is 0. The van der Waals surface area contributed by atoms with Crippen molar-refractivity contribution < 1.29 is 32.7 Å². The van der Waals surface area contributed by atoms with Crippen LogP contribution in [-0.2, 0) is 32.7 Å². The molecule has 0 aromatic heterocycles. The van der Waals surface area contributed by atoms with Crippen LogP contribution in [0.15, 0.2) is 0 Å². The quantitative estimate of drug-likeness (QED) is 0.592. The van der Waals surface area contributed by atoms with E-state index in [0.717, 1.165) is 0 Å². The Morgan fingerprint density at radius 3 is 1.43 bits per heavy atom. The van der Waals surface area contributed by atoms with Gasteiger partial charge < -0.3 is 12.7 Å². The molecular formula is C5H13NY-2. The molecule has 0 bridgehead atoms. The van der Waals surface area contributed by atoms with E-state index in [1.807, 2.05) is 20.9 Å². The summed E-state index contributed by atoms with van der Waals surface area (Å²) in [5, 5.41) is 2.94. The third-order valence-electron chi connectivity index (χ3n) is 0.500. The summed E-state index contributed by atoms with van der Waals surface area (Å²) in [5.74, 6) is 0. The molecule has 7 heavy (non-hydrogen) atoms. The van der Waals surface area contributed by atoms with E-state index in [-0.39, 0.29) is 40.1 Å². The Kier molecular flexibility index (Phi) is 22.7. The fourth-order valence-corrected chi connectivity index (χ4v) is 0. The van der Waals surface area contributed by atoms with Crippen LogP contribution in [0.3, 0.4) is 0 Å². The molecule has 0 saturated heterocycles. The smallest absolute Gasteiger partial charge is 0 e. The summed E-state index contributed by atoms with van der Waals surface area (Å²) in [5.41, 5.74) is 0. The summed E-state index contributed by atoms with van der Waals surface area (Å²) < 4.78 is 0. The van der Waals surface area contributed by atoms with Gasteiger partial charge in [0.25, 0.3) is 0 Å². The molecule has 1 N–H and O–H groups in total. The molecule has 0 rings (SSSR count). The molecule has 0 aliphatic rings. The third-order valence-corrected chi connectivity index (χ3v) is 0.500. The summed E-state index contributed by atoms with van der Waals surface area (Å²) in [6.07, 6.45) is 0. The van der Waals surface area contributed by atoms with Crippen LogP contribution in [0.25, 0.3) is 0 Å². The average Bonchev–Trinajstić information content (AvgIpc) is 1.38. The molecule has 2 heteroatoms. The fourth-order valence-electron chi connectivity index (χ4n) is 0. The van der Waals surface area contributed by atoms with Gasteiger partial charge in [0.1, 0.15) is 0 Å². The van der Waals surface area contributed by atoms with Crippen molar-refractivity contribution in [3.05, 3.63) is 13.5 Å². The number of nitrogens with one attached hydrogen (secondary N) is 1.